The number of thiophene rings is 1. The third kappa shape index (κ3) is 4.41. The van der Waals surface area contributed by atoms with Gasteiger partial charge in [-0.25, -0.2) is 4.98 Å². The molecule has 0 bridgehead atoms. The zero-order chi connectivity index (χ0) is 23.8. The Balaban J connectivity index is 1.34. The van der Waals surface area contributed by atoms with Crippen LogP contribution in [0.2, 0.25) is 0 Å². The predicted molar refractivity (Wildman–Crippen MR) is 144 cm³/mol. The molecule has 0 saturated heterocycles. The Hall–Kier alpha value is -2.97. The highest BCUT2D eigenvalue weighted by atomic mass is 32.1. The summed E-state index contributed by atoms with van der Waals surface area (Å²) in [4.78, 5) is 14.4. The van der Waals surface area contributed by atoms with Gasteiger partial charge in [-0.05, 0) is 59.2 Å². The summed E-state index contributed by atoms with van der Waals surface area (Å²) in [7, 11) is 0. The number of nitrogens with two attached hydrogens (primary N) is 2. The maximum absolute atomic E-state index is 6.62. The molecule has 2 fully saturated rings. The standard InChI is InChI=1S/C27H33N7S/c28-22-8-4-3-7-21(22)25-31-23-24(32-27(29)33-26(23)34(25)20-5-1-2-6-20)30-15-17-9-11-18(12-10-17)19-13-14-35-16-19/h9-14,16,20-22H,1-8,15,28H2,(H3,29,30,32,33). The third-order valence-electron chi connectivity index (χ3n) is 7.69. The van der Waals surface area contributed by atoms with Gasteiger partial charge < -0.3 is 21.4 Å². The Morgan fingerprint density at radius 2 is 1.69 bits per heavy atom. The summed E-state index contributed by atoms with van der Waals surface area (Å²) in [5.41, 5.74) is 18.2. The number of nitrogens with zero attached hydrogens (tertiary/aromatic N) is 4. The molecule has 2 atom stereocenters. The number of benzene rings is 1. The topological polar surface area (TPSA) is 108 Å². The lowest BCUT2D eigenvalue weighted by molar-refractivity contribution is 0.354. The number of hydrogen-bond donors (Lipinski definition) is 3. The fraction of sp³-hybridized carbons (Fsp3) is 0.444. The van der Waals surface area contributed by atoms with Crippen molar-refractivity contribution in [2.75, 3.05) is 11.1 Å². The molecule has 2 unspecified atom stereocenters. The van der Waals surface area contributed by atoms with E-state index < -0.39 is 0 Å². The van der Waals surface area contributed by atoms with Crippen molar-refractivity contribution in [2.45, 2.75) is 75.9 Å². The van der Waals surface area contributed by atoms with E-state index in [0.717, 1.165) is 42.7 Å². The first-order chi connectivity index (χ1) is 17.2. The van der Waals surface area contributed by atoms with Crippen LogP contribution in [0.25, 0.3) is 22.3 Å². The molecule has 2 aliphatic rings. The molecule has 3 aromatic heterocycles. The van der Waals surface area contributed by atoms with Crippen molar-refractivity contribution in [1.82, 2.24) is 19.5 Å². The van der Waals surface area contributed by atoms with Crippen LogP contribution in [0.4, 0.5) is 11.8 Å². The minimum Gasteiger partial charge on any atom is -0.368 e. The maximum Gasteiger partial charge on any atom is 0.224 e. The molecule has 3 heterocycles. The van der Waals surface area contributed by atoms with Crippen molar-refractivity contribution in [2.24, 2.45) is 5.73 Å². The molecule has 182 valence electrons. The lowest BCUT2D eigenvalue weighted by atomic mass is 9.84. The van der Waals surface area contributed by atoms with E-state index in [1.165, 1.54) is 42.4 Å². The van der Waals surface area contributed by atoms with Crippen LogP contribution in [0, 0.1) is 0 Å². The lowest BCUT2D eigenvalue weighted by Crippen LogP contribution is -2.33. The maximum atomic E-state index is 6.62. The van der Waals surface area contributed by atoms with Gasteiger partial charge in [-0.2, -0.15) is 21.3 Å². The van der Waals surface area contributed by atoms with Crippen LogP contribution in [0.5, 0.6) is 0 Å². The molecule has 2 saturated carbocycles. The van der Waals surface area contributed by atoms with E-state index in [1.807, 2.05) is 0 Å². The Labute approximate surface area is 210 Å². The normalized spacial score (nSPS) is 21.1. The smallest absolute Gasteiger partial charge is 0.224 e. The predicted octanol–water partition coefficient (Wildman–Crippen LogP) is 5.85. The van der Waals surface area contributed by atoms with Crippen molar-refractivity contribution in [1.29, 1.82) is 0 Å². The molecule has 2 aliphatic carbocycles. The minimum atomic E-state index is 0.143. The SMILES string of the molecule is Nc1nc(NCc2ccc(-c3ccsc3)cc2)c2nc(C3CCCCC3N)n(C3CCCC3)c2n1. The van der Waals surface area contributed by atoms with Crippen molar-refractivity contribution >= 4 is 34.3 Å². The second-order valence-corrected chi connectivity index (χ2v) is 10.8. The van der Waals surface area contributed by atoms with Gasteiger partial charge in [0.25, 0.3) is 0 Å². The van der Waals surface area contributed by atoms with Crippen molar-refractivity contribution in [3.63, 3.8) is 0 Å². The summed E-state index contributed by atoms with van der Waals surface area (Å²) in [5, 5.41) is 7.78. The number of nitrogens with one attached hydrogen (secondary N) is 1. The van der Waals surface area contributed by atoms with Gasteiger partial charge in [-0.15, -0.1) is 0 Å². The summed E-state index contributed by atoms with van der Waals surface area (Å²) in [6.07, 6.45) is 9.34. The monoisotopic (exact) mass is 487 g/mol. The summed E-state index contributed by atoms with van der Waals surface area (Å²) >= 11 is 1.72. The first-order valence-corrected chi connectivity index (χ1v) is 13.8. The Morgan fingerprint density at radius 1 is 0.914 bits per heavy atom. The first-order valence-electron chi connectivity index (χ1n) is 12.8. The van der Waals surface area contributed by atoms with Crippen molar-refractivity contribution in [3.05, 3.63) is 52.5 Å². The van der Waals surface area contributed by atoms with Crippen LogP contribution in [-0.2, 0) is 6.54 Å². The molecular weight excluding hydrogens is 454 g/mol. The van der Waals surface area contributed by atoms with Gasteiger partial charge in [0.1, 0.15) is 5.82 Å². The highest BCUT2D eigenvalue weighted by molar-refractivity contribution is 7.08. The van der Waals surface area contributed by atoms with E-state index in [1.54, 1.807) is 11.3 Å². The number of hydrogen-bond acceptors (Lipinski definition) is 7. The largest absolute Gasteiger partial charge is 0.368 e. The quantitative estimate of drug-likeness (QED) is 0.315. The average molecular weight is 488 g/mol. The van der Waals surface area contributed by atoms with Gasteiger partial charge in [0.05, 0.1) is 0 Å². The van der Waals surface area contributed by atoms with Crippen LogP contribution in [-0.4, -0.2) is 25.6 Å². The lowest BCUT2D eigenvalue weighted by Gasteiger charge is -2.29. The number of anilines is 2. The van der Waals surface area contributed by atoms with Gasteiger partial charge in [-0.1, -0.05) is 49.9 Å². The first kappa shape index (κ1) is 22.5. The second kappa shape index (κ2) is 9.59. The highest BCUT2D eigenvalue weighted by Crippen LogP contribution is 2.40. The van der Waals surface area contributed by atoms with Crippen LogP contribution in [0.1, 0.15) is 74.7 Å². The number of aromatic nitrogens is 4. The summed E-state index contributed by atoms with van der Waals surface area (Å²) < 4.78 is 2.37. The summed E-state index contributed by atoms with van der Waals surface area (Å²) in [6.45, 7) is 0.643. The van der Waals surface area contributed by atoms with E-state index in [0.29, 0.717) is 18.4 Å². The molecule has 1 aromatic carbocycles. The molecule has 0 radical (unpaired) electrons. The number of fused-ring (bicyclic) bond motifs is 1. The van der Waals surface area contributed by atoms with Gasteiger partial charge in [-0.3, -0.25) is 0 Å². The van der Waals surface area contributed by atoms with Gasteiger partial charge in [0.2, 0.25) is 5.95 Å². The van der Waals surface area contributed by atoms with E-state index >= 15 is 0 Å². The molecule has 35 heavy (non-hydrogen) atoms. The molecule has 5 N–H and O–H groups in total. The molecule has 8 heteroatoms. The van der Waals surface area contributed by atoms with Gasteiger partial charge >= 0.3 is 0 Å². The summed E-state index contributed by atoms with van der Waals surface area (Å²) in [5.74, 6) is 2.34. The molecule has 7 nitrogen and oxygen atoms in total. The van der Waals surface area contributed by atoms with Crippen LogP contribution < -0.4 is 16.8 Å². The molecule has 6 rings (SSSR count). The van der Waals surface area contributed by atoms with Crippen LogP contribution in [0.3, 0.4) is 0 Å². The Kier molecular flexibility index (Phi) is 6.16. The van der Waals surface area contributed by atoms with E-state index in [9.17, 15) is 0 Å². The molecular formula is C27H33N7S. The fourth-order valence-electron chi connectivity index (χ4n) is 5.82. The molecule has 0 spiro atoms. The molecule has 4 aromatic rings. The zero-order valence-corrected chi connectivity index (χ0v) is 20.8. The number of rotatable bonds is 6. The summed E-state index contributed by atoms with van der Waals surface area (Å²) in [6, 6.07) is 11.4. The van der Waals surface area contributed by atoms with Gasteiger partial charge in [0, 0.05) is 24.5 Å². The van der Waals surface area contributed by atoms with Crippen LogP contribution >= 0.6 is 11.3 Å². The van der Waals surface area contributed by atoms with Crippen molar-refractivity contribution < 1.29 is 0 Å². The van der Waals surface area contributed by atoms with Crippen molar-refractivity contribution in [3.8, 4) is 11.1 Å². The second-order valence-electron chi connectivity index (χ2n) is 10.00. The minimum absolute atomic E-state index is 0.143. The van der Waals surface area contributed by atoms with Gasteiger partial charge in [0.15, 0.2) is 17.0 Å². The zero-order valence-electron chi connectivity index (χ0n) is 20.0. The molecule has 0 aliphatic heterocycles. The number of nitrogen functional groups attached to an aromatic ring is 1. The highest BCUT2D eigenvalue weighted by Gasteiger charge is 2.33. The third-order valence-corrected chi connectivity index (χ3v) is 8.38. The Bertz CT molecular complexity index is 1290. The van der Waals surface area contributed by atoms with E-state index in [4.69, 9.17) is 21.4 Å². The number of imidazole rings is 1. The average Bonchev–Trinajstić information content (AvgIpc) is 3.64. The fourth-order valence-corrected chi connectivity index (χ4v) is 6.49. The van der Waals surface area contributed by atoms with E-state index in [2.05, 4.69) is 56.0 Å². The van der Waals surface area contributed by atoms with Crippen LogP contribution in [0.15, 0.2) is 41.1 Å². The molecule has 0 amide bonds. The van der Waals surface area contributed by atoms with E-state index in [-0.39, 0.29) is 17.9 Å². The Morgan fingerprint density at radius 3 is 2.43 bits per heavy atom.